The van der Waals surface area contributed by atoms with Crippen molar-refractivity contribution >= 4 is 5.69 Å². The Balaban J connectivity index is 2.28. The minimum Gasteiger partial charge on any atom is -0.494 e. The molecule has 0 heterocycles. The third kappa shape index (κ3) is 3.57. The second kappa shape index (κ2) is 6.66. The van der Waals surface area contributed by atoms with Gasteiger partial charge in [-0.3, -0.25) is 0 Å². The Hall–Kier alpha value is -1.96. The van der Waals surface area contributed by atoms with E-state index in [0.29, 0.717) is 6.61 Å². The van der Waals surface area contributed by atoms with Crippen LogP contribution in [0.2, 0.25) is 0 Å². The summed E-state index contributed by atoms with van der Waals surface area (Å²) in [5, 5.41) is 3.64. The first-order valence-corrected chi connectivity index (χ1v) is 7.59. The van der Waals surface area contributed by atoms with Crippen LogP contribution < -0.4 is 10.1 Å². The average molecular weight is 283 g/mol. The Bertz CT molecular complexity index is 596. The highest BCUT2D eigenvalue weighted by Gasteiger charge is 2.13. The van der Waals surface area contributed by atoms with Crippen molar-refractivity contribution in [2.45, 2.75) is 40.7 Å². The second-order valence-corrected chi connectivity index (χ2v) is 5.61. The van der Waals surface area contributed by atoms with E-state index in [0.717, 1.165) is 5.75 Å². The van der Waals surface area contributed by atoms with E-state index in [1.165, 1.54) is 27.9 Å². The van der Waals surface area contributed by atoms with Crippen LogP contribution in [-0.2, 0) is 0 Å². The van der Waals surface area contributed by atoms with E-state index in [1.807, 2.05) is 19.1 Å². The summed E-state index contributed by atoms with van der Waals surface area (Å²) in [7, 11) is 0. The highest BCUT2D eigenvalue weighted by molar-refractivity contribution is 5.59. The highest BCUT2D eigenvalue weighted by atomic mass is 16.5. The summed E-state index contributed by atoms with van der Waals surface area (Å²) in [6.07, 6.45) is 0. The SMILES string of the molecule is CCOc1ccccc1C(C)Nc1c(C)cc(C)cc1C. The van der Waals surface area contributed by atoms with E-state index in [1.54, 1.807) is 0 Å². The molecule has 2 aromatic rings. The van der Waals surface area contributed by atoms with Crippen molar-refractivity contribution in [1.82, 2.24) is 0 Å². The molecule has 0 amide bonds. The molecule has 21 heavy (non-hydrogen) atoms. The molecule has 0 saturated heterocycles. The average Bonchev–Trinajstić information content (AvgIpc) is 2.43. The standard InChI is InChI=1S/C19H25NO/c1-6-21-18-10-8-7-9-17(18)16(5)20-19-14(3)11-13(2)12-15(19)4/h7-12,16,20H,6H2,1-5H3. The zero-order valence-corrected chi connectivity index (χ0v) is 13.7. The lowest BCUT2D eigenvalue weighted by Gasteiger charge is -2.22. The molecule has 0 bridgehead atoms. The molecule has 0 spiro atoms. The van der Waals surface area contributed by atoms with Crippen molar-refractivity contribution < 1.29 is 4.74 Å². The summed E-state index contributed by atoms with van der Waals surface area (Å²) >= 11 is 0. The van der Waals surface area contributed by atoms with Gasteiger partial charge in [0.1, 0.15) is 5.75 Å². The van der Waals surface area contributed by atoms with Gasteiger partial charge in [0.05, 0.1) is 12.6 Å². The van der Waals surface area contributed by atoms with Crippen LogP contribution in [0, 0.1) is 20.8 Å². The van der Waals surface area contributed by atoms with Crippen molar-refractivity contribution in [3.63, 3.8) is 0 Å². The molecule has 1 N–H and O–H groups in total. The fourth-order valence-corrected chi connectivity index (χ4v) is 2.83. The number of benzene rings is 2. The van der Waals surface area contributed by atoms with Gasteiger partial charge in [-0.25, -0.2) is 0 Å². The number of para-hydroxylation sites is 1. The maximum Gasteiger partial charge on any atom is 0.124 e. The zero-order valence-electron chi connectivity index (χ0n) is 13.7. The van der Waals surface area contributed by atoms with Gasteiger partial charge in [-0.1, -0.05) is 35.9 Å². The first-order chi connectivity index (χ1) is 10.0. The van der Waals surface area contributed by atoms with Crippen molar-refractivity contribution in [3.05, 3.63) is 58.7 Å². The number of anilines is 1. The largest absolute Gasteiger partial charge is 0.494 e. The maximum absolute atomic E-state index is 5.74. The van der Waals surface area contributed by atoms with E-state index in [9.17, 15) is 0 Å². The van der Waals surface area contributed by atoms with E-state index < -0.39 is 0 Å². The highest BCUT2D eigenvalue weighted by Crippen LogP contribution is 2.30. The zero-order chi connectivity index (χ0) is 15.4. The first-order valence-electron chi connectivity index (χ1n) is 7.59. The summed E-state index contributed by atoms with van der Waals surface area (Å²) in [5.74, 6) is 0.961. The molecule has 0 fully saturated rings. The summed E-state index contributed by atoms with van der Waals surface area (Å²) in [5.41, 5.74) is 6.29. The predicted molar refractivity (Wildman–Crippen MR) is 90.3 cm³/mol. The van der Waals surface area contributed by atoms with E-state index >= 15 is 0 Å². The first kappa shape index (κ1) is 15.4. The summed E-state index contributed by atoms with van der Waals surface area (Å²) in [4.78, 5) is 0. The van der Waals surface area contributed by atoms with Crippen LogP contribution in [-0.4, -0.2) is 6.61 Å². The van der Waals surface area contributed by atoms with Gasteiger partial charge in [0.15, 0.2) is 0 Å². The van der Waals surface area contributed by atoms with Crippen molar-refractivity contribution in [2.75, 3.05) is 11.9 Å². The van der Waals surface area contributed by atoms with E-state index in [-0.39, 0.29) is 6.04 Å². The van der Waals surface area contributed by atoms with Gasteiger partial charge in [-0.2, -0.15) is 0 Å². The monoisotopic (exact) mass is 283 g/mol. The summed E-state index contributed by atoms with van der Waals surface area (Å²) in [6, 6.07) is 12.9. The van der Waals surface area contributed by atoms with Gasteiger partial charge < -0.3 is 10.1 Å². The number of nitrogens with one attached hydrogen (secondary N) is 1. The van der Waals surface area contributed by atoms with Crippen LogP contribution in [0.3, 0.4) is 0 Å². The van der Waals surface area contributed by atoms with Crippen molar-refractivity contribution in [3.8, 4) is 5.75 Å². The fraction of sp³-hybridized carbons (Fsp3) is 0.368. The normalized spacial score (nSPS) is 12.0. The molecule has 2 rings (SSSR count). The smallest absolute Gasteiger partial charge is 0.124 e. The lowest BCUT2D eigenvalue weighted by atomic mass is 10.0. The summed E-state index contributed by atoms with van der Waals surface area (Å²) in [6.45, 7) is 11.3. The Kier molecular flexibility index (Phi) is 4.89. The Morgan fingerprint density at radius 3 is 2.29 bits per heavy atom. The molecule has 1 unspecified atom stereocenters. The quantitative estimate of drug-likeness (QED) is 0.816. The third-order valence-electron chi connectivity index (χ3n) is 3.72. The van der Waals surface area contributed by atoms with Crippen LogP contribution in [0.5, 0.6) is 5.75 Å². The van der Waals surface area contributed by atoms with E-state index in [2.05, 4.69) is 57.3 Å². The Morgan fingerprint density at radius 2 is 1.67 bits per heavy atom. The molecule has 0 aliphatic rings. The molecule has 2 heteroatoms. The topological polar surface area (TPSA) is 21.3 Å². The Labute approximate surface area is 128 Å². The number of hydrogen-bond donors (Lipinski definition) is 1. The molecule has 0 radical (unpaired) electrons. The number of hydrogen-bond acceptors (Lipinski definition) is 2. The van der Waals surface area contributed by atoms with Gasteiger partial charge >= 0.3 is 0 Å². The summed E-state index contributed by atoms with van der Waals surface area (Å²) < 4.78 is 5.74. The van der Waals surface area contributed by atoms with Gasteiger partial charge in [-0.05, 0) is 51.8 Å². The lowest BCUT2D eigenvalue weighted by molar-refractivity contribution is 0.335. The minimum atomic E-state index is 0.202. The molecule has 112 valence electrons. The van der Waals surface area contributed by atoms with Crippen LogP contribution in [0.4, 0.5) is 5.69 Å². The maximum atomic E-state index is 5.74. The molecule has 0 saturated carbocycles. The number of aryl methyl sites for hydroxylation is 3. The molecule has 0 aliphatic heterocycles. The molecular weight excluding hydrogens is 258 g/mol. The van der Waals surface area contributed by atoms with Crippen molar-refractivity contribution in [2.24, 2.45) is 0 Å². The van der Waals surface area contributed by atoms with Gasteiger partial charge in [0, 0.05) is 11.3 Å². The molecule has 2 aromatic carbocycles. The Morgan fingerprint density at radius 1 is 1.05 bits per heavy atom. The second-order valence-electron chi connectivity index (χ2n) is 5.61. The van der Waals surface area contributed by atoms with Crippen LogP contribution in [0.25, 0.3) is 0 Å². The molecule has 2 nitrogen and oxygen atoms in total. The third-order valence-corrected chi connectivity index (χ3v) is 3.72. The van der Waals surface area contributed by atoms with Gasteiger partial charge in [0.25, 0.3) is 0 Å². The lowest BCUT2D eigenvalue weighted by Crippen LogP contribution is -2.11. The molecule has 1 atom stereocenters. The number of rotatable bonds is 5. The van der Waals surface area contributed by atoms with Crippen molar-refractivity contribution in [1.29, 1.82) is 0 Å². The predicted octanol–water partition coefficient (Wildman–Crippen LogP) is 5.18. The van der Waals surface area contributed by atoms with Gasteiger partial charge in [0.2, 0.25) is 0 Å². The van der Waals surface area contributed by atoms with Gasteiger partial charge in [-0.15, -0.1) is 0 Å². The molecule has 0 aromatic heterocycles. The molecule has 0 aliphatic carbocycles. The fourth-order valence-electron chi connectivity index (χ4n) is 2.83. The minimum absolute atomic E-state index is 0.202. The van der Waals surface area contributed by atoms with Crippen LogP contribution >= 0.6 is 0 Å². The van der Waals surface area contributed by atoms with Crippen LogP contribution in [0.1, 0.15) is 42.1 Å². The van der Waals surface area contributed by atoms with Crippen LogP contribution in [0.15, 0.2) is 36.4 Å². The molecular formula is C19H25NO. The number of ether oxygens (including phenoxy) is 1. The van der Waals surface area contributed by atoms with E-state index in [4.69, 9.17) is 4.74 Å².